The predicted molar refractivity (Wildman–Crippen MR) is 270 cm³/mol. The maximum atomic E-state index is 12.7. The smallest absolute Gasteiger partial charge is 0.306 e. The number of hydrogen-bond donors (Lipinski definition) is 0. The van der Waals surface area contributed by atoms with E-state index in [2.05, 4.69) is 106 Å². The van der Waals surface area contributed by atoms with Crippen LogP contribution in [0.1, 0.15) is 239 Å². The highest BCUT2D eigenvalue weighted by atomic mass is 16.6. The van der Waals surface area contributed by atoms with Crippen LogP contribution in [0.15, 0.2) is 85.1 Å². The first-order chi connectivity index (χ1) is 31.0. The van der Waals surface area contributed by atoms with Gasteiger partial charge in [-0.1, -0.05) is 228 Å². The van der Waals surface area contributed by atoms with Crippen molar-refractivity contribution < 1.29 is 28.6 Å². The second kappa shape index (κ2) is 51.2. The highest BCUT2D eigenvalue weighted by Crippen LogP contribution is 2.14. The summed E-state index contributed by atoms with van der Waals surface area (Å²) in [5, 5.41) is 0. The summed E-state index contributed by atoms with van der Waals surface area (Å²) >= 11 is 0. The van der Waals surface area contributed by atoms with Crippen molar-refractivity contribution in [2.45, 2.75) is 245 Å². The van der Waals surface area contributed by atoms with E-state index < -0.39 is 6.10 Å². The number of esters is 3. The Labute approximate surface area is 388 Å². The van der Waals surface area contributed by atoms with Crippen LogP contribution in [0.3, 0.4) is 0 Å². The molecule has 0 aliphatic heterocycles. The Hall–Kier alpha value is -3.41. The van der Waals surface area contributed by atoms with E-state index in [-0.39, 0.29) is 31.1 Å². The van der Waals surface area contributed by atoms with Crippen LogP contribution in [-0.4, -0.2) is 37.2 Å². The van der Waals surface area contributed by atoms with Gasteiger partial charge in [0.2, 0.25) is 0 Å². The first-order valence-electron chi connectivity index (χ1n) is 26.1. The lowest BCUT2D eigenvalue weighted by Crippen LogP contribution is -2.30. The van der Waals surface area contributed by atoms with Crippen molar-refractivity contribution in [3.8, 4) is 0 Å². The van der Waals surface area contributed by atoms with Crippen LogP contribution in [0.4, 0.5) is 0 Å². The molecule has 0 aliphatic carbocycles. The highest BCUT2D eigenvalue weighted by Gasteiger charge is 2.19. The van der Waals surface area contributed by atoms with Gasteiger partial charge in [0.25, 0.3) is 0 Å². The molecule has 0 aromatic rings. The molecular weight excluding hydrogens is 781 g/mol. The maximum absolute atomic E-state index is 12.7. The topological polar surface area (TPSA) is 78.9 Å². The normalized spacial score (nSPS) is 12.7. The molecule has 0 saturated heterocycles. The molecule has 0 saturated carbocycles. The predicted octanol–water partition coefficient (Wildman–Crippen LogP) is 17.2. The quantitative estimate of drug-likeness (QED) is 0.0262. The van der Waals surface area contributed by atoms with E-state index >= 15 is 0 Å². The average Bonchev–Trinajstić information content (AvgIpc) is 3.28. The summed E-state index contributed by atoms with van der Waals surface area (Å²) in [6.07, 6.45) is 66.0. The lowest BCUT2D eigenvalue weighted by molar-refractivity contribution is -0.167. The third-order valence-electron chi connectivity index (χ3n) is 10.9. The van der Waals surface area contributed by atoms with Crippen LogP contribution in [0.5, 0.6) is 0 Å². The minimum Gasteiger partial charge on any atom is -0.462 e. The van der Waals surface area contributed by atoms with Crippen molar-refractivity contribution >= 4 is 17.9 Å². The molecule has 0 fully saturated rings. The Kier molecular flexibility index (Phi) is 48.5. The van der Waals surface area contributed by atoms with Gasteiger partial charge in [0.15, 0.2) is 6.10 Å². The number of unbranched alkanes of at least 4 members (excludes halogenated alkanes) is 21. The standard InChI is InChI=1S/C57H96O6/c1-4-7-10-13-16-19-20-21-22-23-24-25-26-27-28-29-30-31-32-33-34-35-36-37-38-39-42-44-47-50-56(59)62-53-54(63-57(60)51-48-45-41-18-15-12-9-6-3)52-61-55(58)49-46-43-40-17-14-11-8-5-2/h7,10,16,19,21-22,24-25,27-28,30-31,33-34,54H,4-6,8-9,11-15,17-18,20,23,26,29,32,35-53H2,1-3H3/b10-7-,19-16-,22-21-,25-24-,28-27-,31-30-,34-33-. The SMILES string of the molecule is CC/C=C\C/C=C\C/C=C\C/C=C\C/C=C\C/C=C\C/C=C\CCCCCCCCCC(=O)OCC(COC(=O)CCCCCCCCCC)OC(=O)CCCCCCCCCC. The fourth-order valence-electron chi connectivity index (χ4n) is 7.01. The fourth-order valence-corrected chi connectivity index (χ4v) is 7.01. The van der Waals surface area contributed by atoms with Crippen LogP contribution in [0.25, 0.3) is 0 Å². The summed E-state index contributed by atoms with van der Waals surface area (Å²) in [7, 11) is 0. The van der Waals surface area contributed by atoms with Crippen LogP contribution in [0, 0.1) is 0 Å². The van der Waals surface area contributed by atoms with Crippen molar-refractivity contribution in [2.24, 2.45) is 0 Å². The molecule has 0 rings (SSSR count). The number of carbonyl (C=O) groups is 3. The molecule has 0 aromatic carbocycles. The Morgan fingerprint density at radius 1 is 0.333 bits per heavy atom. The van der Waals surface area contributed by atoms with E-state index in [1.165, 1.54) is 89.9 Å². The molecule has 0 N–H and O–H groups in total. The zero-order chi connectivity index (χ0) is 45.8. The van der Waals surface area contributed by atoms with Gasteiger partial charge < -0.3 is 14.2 Å². The van der Waals surface area contributed by atoms with E-state index in [0.717, 1.165) is 109 Å². The molecular formula is C57H96O6. The Bertz CT molecular complexity index is 1240. The van der Waals surface area contributed by atoms with Crippen molar-refractivity contribution in [2.75, 3.05) is 13.2 Å². The molecule has 6 nitrogen and oxygen atoms in total. The van der Waals surface area contributed by atoms with Gasteiger partial charge in [-0.2, -0.15) is 0 Å². The minimum atomic E-state index is -0.774. The monoisotopic (exact) mass is 877 g/mol. The van der Waals surface area contributed by atoms with E-state index in [1.54, 1.807) is 0 Å². The van der Waals surface area contributed by atoms with Gasteiger partial charge in [0, 0.05) is 19.3 Å². The second-order valence-corrected chi connectivity index (χ2v) is 17.1. The highest BCUT2D eigenvalue weighted by molar-refractivity contribution is 5.71. The first-order valence-corrected chi connectivity index (χ1v) is 26.1. The summed E-state index contributed by atoms with van der Waals surface area (Å²) < 4.78 is 16.7. The summed E-state index contributed by atoms with van der Waals surface area (Å²) in [6.45, 7) is 6.44. The van der Waals surface area contributed by atoms with Crippen LogP contribution >= 0.6 is 0 Å². The average molecular weight is 877 g/mol. The molecule has 0 heterocycles. The number of rotatable bonds is 46. The molecule has 0 radical (unpaired) electrons. The molecule has 0 aromatic heterocycles. The van der Waals surface area contributed by atoms with Crippen molar-refractivity contribution in [3.63, 3.8) is 0 Å². The van der Waals surface area contributed by atoms with Crippen LogP contribution in [0.2, 0.25) is 0 Å². The number of allylic oxidation sites excluding steroid dienone is 14. The van der Waals surface area contributed by atoms with Gasteiger partial charge in [-0.3, -0.25) is 14.4 Å². The molecule has 6 heteroatoms. The molecule has 0 bridgehead atoms. The minimum absolute atomic E-state index is 0.0778. The van der Waals surface area contributed by atoms with Gasteiger partial charge in [-0.25, -0.2) is 0 Å². The van der Waals surface area contributed by atoms with Crippen molar-refractivity contribution in [1.82, 2.24) is 0 Å². The lowest BCUT2D eigenvalue weighted by Gasteiger charge is -2.18. The molecule has 0 aliphatic rings. The first kappa shape index (κ1) is 59.6. The fraction of sp³-hybridized carbons (Fsp3) is 0.702. The van der Waals surface area contributed by atoms with Crippen molar-refractivity contribution in [3.05, 3.63) is 85.1 Å². The maximum Gasteiger partial charge on any atom is 0.306 e. The van der Waals surface area contributed by atoms with Gasteiger partial charge in [-0.05, 0) is 77.0 Å². The molecule has 0 amide bonds. The summed E-state index contributed by atoms with van der Waals surface area (Å²) in [5.41, 5.74) is 0. The second-order valence-electron chi connectivity index (χ2n) is 17.1. The molecule has 63 heavy (non-hydrogen) atoms. The van der Waals surface area contributed by atoms with E-state index in [4.69, 9.17) is 14.2 Å². The third-order valence-corrected chi connectivity index (χ3v) is 10.9. The molecule has 1 unspecified atom stereocenters. The Morgan fingerprint density at radius 3 is 0.968 bits per heavy atom. The molecule has 360 valence electrons. The van der Waals surface area contributed by atoms with Gasteiger partial charge in [0.1, 0.15) is 13.2 Å². The third kappa shape index (κ3) is 49.5. The summed E-state index contributed by atoms with van der Waals surface area (Å²) in [4.78, 5) is 37.7. The van der Waals surface area contributed by atoms with E-state index in [9.17, 15) is 14.4 Å². The van der Waals surface area contributed by atoms with E-state index in [0.29, 0.717) is 19.3 Å². The Balaban J connectivity index is 4.11. The Morgan fingerprint density at radius 2 is 0.619 bits per heavy atom. The summed E-state index contributed by atoms with van der Waals surface area (Å²) in [6, 6.07) is 0. The largest absolute Gasteiger partial charge is 0.462 e. The lowest BCUT2D eigenvalue weighted by atomic mass is 10.1. The van der Waals surface area contributed by atoms with Gasteiger partial charge in [0.05, 0.1) is 0 Å². The number of hydrogen-bond acceptors (Lipinski definition) is 6. The van der Waals surface area contributed by atoms with Gasteiger partial charge in [-0.15, -0.1) is 0 Å². The molecule has 0 spiro atoms. The van der Waals surface area contributed by atoms with Gasteiger partial charge >= 0.3 is 17.9 Å². The van der Waals surface area contributed by atoms with Crippen LogP contribution in [-0.2, 0) is 28.6 Å². The zero-order valence-electron chi connectivity index (χ0n) is 41.1. The van der Waals surface area contributed by atoms with Crippen molar-refractivity contribution in [1.29, 1.82) is 0 Å². The summed E-state index contributed by atoms with van der Waals surface area (Å²) in [5.74, 6) is -0.900. The zero-order valence-corrected chi connectivity index (χ0v) is 41.1. The van der Waals surface area contributed by atoms with E-state index in [1.807, 2.05) is 0 Å². The number of ether oxygens (including phenoxy) is 3. The van der Waals surface area contributed by atoms with Crippen LogP contribution < -0.4 is 0 Å². The molecule has 1 atom stereocenters. The number of carbonyl (C=O) groups excluding carboxylic acids is 3.